The molecule has 22 heavy (non-hydrogen) atoms. The molecule has 1 atom stereocenters. The molecule has 0 fully saturated rings. The fraction of sp³-hybridized carbons (Fsp3) is 0.500. The standard InChI is InChI=1S/C12H15ClF4NO3P/c1-3-20-22(19,21-4-2)11(18)9-7(12(15,16)17)5-6-8(13)10(9)14/h5-6,11H,3-4,18H2,1-2H3/t11-/m0/s1. The van der Waals surface area contributed by atoms with Crippen LogP contribution in [0.15, 0.2) is 12.1 Å². The molecular weight excluding hydrogens is 349 g/mol. The van der Waals surface area contributed by atoms with Gasteiger partial charge in [0.2, 0.25) is 0 Å². The summed E-state index contributed by atoms with van der Waals surface area (Å²) in [6, 6.07) is 1.32. The summed E-state index contributed by atoms with van der Waals surface area (Å²) in [6.07, 6.45) is -4.90. The number of alkyl halides is 3. The predicted octanol–water partition coefficient (Wildman–Crippen LogP) is 4.72. The van der Waals surface area contributed by atoms with Crippen molar-refractivity contribution in [2.45, 2.75) is 25.8 Å². The third-order valence-corrected chi connectivity index (χ3v) is 5.16. The molecule has 0 amide bonds. The van der Waals surface area contributed by atoms with Gasteiger partial charge in [-0.15, -0.1) is 0 Å². The molecule has 0 radical (unpaired) electrons. The summed E-state index contributed by atoms with van der Waals surface area (Å²) in [5.41, 5.74) is 3.19. The number of halogens is 5. The SMILES string of the molecule is CCOP(=O)(OCC)[C@H](N)c1c(C(F)(F)F)ccc(Cl)c1F. The lowest BCUT2D eigenvalue weighted by Gasteiger charge is -2.26. The largest absolute Gasteiger partial charge is 0.416 e. The first kappa shape index (κ1) is 19.4. The van der Waals surface area contributed by atoms with E-state index in [-0.39, 0.29) is 13.2 Å². The molecule has 0 heterocycles. The molecule has 0 bridgehead atoms. The second-order valence-corrected chi connectivity index (χ2v) is 6.70. The summed E-state index contributed by atoms with van der Waals surface area (Å²) < 4.78 is 75.5. The molecule has 0 saturated carbocycles. The van der Waals surface area contributed by atoms with E-state index < -0.39 is 41.5 Å². The van der Waals surface area contributed by atoms with Crippen molar-refractivity contribution in [3.63, 3.8) is 0 Å². The molecule has 4 nitrogen and oxygen atoms in total. The zero-order valence-electron chi connectivity index (χ0n) is 11.8. The molecule has 0 spiro atoms. The third kappa shape index (κ3) is 4.00. The molecule has 0 aliphatic carbocycles. The molecule has 2 N–H and O–H groups in total. The third-order valence-electron chi connectivity index (χ3n) is 2.69. The molecule has 0 aliphatic heterocycles. The van der Waals surface area contributed by atoms with Crippen LogP contribution in [0.1, 0.15) is 30.8 Å². The Morgan fingerprint density at radius 2 is 1.77 bits per heavy atom. The van der Waals surface area contributed by atoms with E-state index in [2.05, 4.69) is 0 Å². The molecule has 1 aromatic rings. The van der Waals surface area contributed by atoms with Gasteiger partial charge in [0.15, 0.2) is 0 Å². The van der Waals surface area contributed by atoms with E-state index in [1.54, 1.807) is 0 Å². The topological polar surface area (TPSA) is 61.5 Å². The predicted molar refractivity (Wildman–Crippen MR) is 74.2 cm³/mol. The smallest absolute Gasteiger partial charge is 0.314 e. The van der Waals surface area contributed by atoms with E-state index in [1.807, 2.05) is 0 Å². The van der Waals surface area contributed by atoms with Crippen LogP contribution < -0.4 is 5.73 Å². The van der Waals surface area contributed by atoms with Gasteiger partial charge in [0.1, 0.15) is 11.6 Å². The van der Waals surface area contributed by atoms with Gasteiger partial charge in [-0.2, -0.15) is 13.2 Å². The number of rotatable bonds is 6. The van der Waals surface area contributed by atoms with Crippen molar-refractivity contribution in [2.75, 3.05) is 13.2 Å². The molecule has 0 aromatic heterocycles. The van der Waals surface area contributed by atoms with Crippen molar-refractivity contribution in [3.8, 4) is 0 Å². The quantitative estimate of drug-likeness (QED) is 0.586. The Morgan fingerprint density at radius 3 is 2.18 bits per heavy atom. The van der Waals surface area contributed by atoms with E-state index in [0.29, 0.717) is 6.07 Å². The highest BCUT2D eigenvalue weighted by Gasteiger charge is 2.43. The van der Waals surface area contributed by atoms with E-state index in [0.717, 1.165) is 6.07 Å². The van der Waals surface area contributed by atoms with Crippen molar-refractivity contribution in [1.82, 2.24) is 0 Å². The second kappa shape index (κ2) is 7.27. The summed E-state index contributed by atoms with van der Waals surface area (Å²) >= 11 is 5.51. The van der Waals surface area contributed by atoms with Gasteiger partial charge in [-0.25, -0.2) is 4.39 Å². The zero-order valence-corrected chi connectivity index (χ0v) is 13.4. The minimum Gasteiger partial charge on any atom is -0.314 e. The van der Waals surface area contributed by atoms with Gasteiger partial charge in [0.25, 0.3) is 0 Å². The molecule has 0 aliphatic rings. The van der Waals surface area contributed by atoms with Gasteiger partial charge in [0.05, 0.1) is 23.8 Å². The maximum absolute atomic E-state index is 14.1. The summed E-state index contributed by atoms with van der Waals surface area (Å²) in [6.45, 7) is 2.65. The minimum absolute atomic E-state index is 0.130. The van der Waals surface area contributed by atoms with Crippen LogP contribution >= 0.6 is 19.2 Å². The average Bonchev–Trinajstić information content (AvgIpc) is 2.40. The van der Waals surface area contributed by atoms with Gasteiger partial charge in [-0.05, 0) is 26.0 Å². The van der Waals surface area contributed by atoms with Crippen LogP contribution in [-0.2, 0) is 19.8 Å². The fourth-order valence-electron chi connectivity index (χ4n) is 1.82. The Balaban J connectivity index is 3.52. The summed E-state index contributed by atoms with van der Waals surface area (Å²) in [7, 11) is -4.20. The lowest BCUT2D eigenvalue weighted by atomic mass is 10.1. The Kier molecular flexibility index (Phi) is 6.41. The fourth-order valence-corrected chi connectivity index (χ4v) is 3.67. The van der Waals surface area contributed by atoms with E-state index in [9.17, 15) is 22.1 Å². The molecular formula is C12H15ClF4NO3P. The summed E-state index contributed by atoms with van der Waals surface area (Å²) in [5.74, 6) is -3.36. The van der Waals surface area contributed by atoms with Crippen LogP contribution in [0.4, 0.5) is 17.6 Å². The lowest BCUT2D eigenvalue weighted by Crippen LogP contribution is -2.21. The van der Waals surface area contributed by atoms with Gasteiger partial charge >= 0.3 is 13.8 Å². The Bertz CT molecular complexity index is 572. The molecule has 1 rings (SSSR count). The van der Waals surface area contributed by atoms with Gasteiger partial charge in [0, 0.05) is 5.56 Å². The van der Waals surface area contributed by atoms with Crippen molar-refractivity contribution in [1.29, 1.82) is 0 Å². The highest BCUT2D eigenvalue weighted by atomic mass is 35.5. The molecule has 10 heteroatoms. The maximum atomic E-state index is 14.1. The monoisotopic (exact) mass is 363 g/mol. The van der Waals surface area contributed by atoms with E-state index >= 15 is 0 Å². The van der Waals surface area contributed by atoms with Crippen molar-refractivity contribution < 1.29 is 31.2 Å². The minimum atomic E-state index is -4.90. The first-order chi connectivity index (χ1) is 10.1. The molecule has 0 unspecified atom stereocenters. The summed E-state index contributed by atoms with van der Waals surface area (Å²) in [4.78, 5) is 0. The van der Waals surface area contributed by atoms with E-state index in [1.165, 1.54) is 13.8 Å². The molecule has 0 saturated heterocycles. The Labute approximate surface area is 130 Å². The normalized spacial score (nSPS) is 14.2. The Hall–Kier alpha value is -0.660. The van der Waals surface area contributed by atoms with Gasteiger partial charge < -0.3 is 14.8 Å². The van der Waals surface area contributed by atoms with Crippen LogP contribution in [0.5, 0.6) is 0 Å². The number of hydrogen-bond acceptors (Lipinski definition) is 4. The highest BCUT2D eigenvalue weighted by molar-refractivity contribution is 7.54. The maximum Gasteiger partial charge on any atom is 0.416 e. The average molecular weight is 364 g/mol. The van der Waals surface area contributed by atoms with E-state index in [4.69, 9.17) is 26.4 Å². The number of benzene rings is 1. The van der Waals surface area contributed by atoms with Crippen LogP contribution in [0.3, 0.4) is 0 Å². The first-order valence-electron chi connectivity index (χ1n) is 6.28. The first-order valence-corrected chi connectivity index (χ1v) is 8.26. The van der Waals surface area contributed by atoms with Crippen LogP contribution in [0, 0.1) is 5.82 Å². The van der Waals surface area contributed by atoms with Gasteiger partial charge in [-0.3, -0.25) is 4.57 Å². The summed E-state index contributed by atoms with van der Waals surface area (Å²) in [5, 5.41) is -0.571. The lowest BCUT2D eigenvalue weighted by molar-refractivity contribution is -0.138. The second-order valence-electron chi connectivity index (χ2n) is 4.14. The number of nitrogens with two attached hydrogens (primary N) is 1. The van der Waals surface area contributed by atoms with Gasteiger partial charge in [-0.1, -0.05) is 11.6 Å². The number of hydrogen-bond donors (Lipinski definition) is 1. The van der Waals surface area contributed by atoms with Crippen LogP contribution in [0.2, 0.25) is 5.02 Å². The zero-order chi connectivity index (χ0) is 17.1. The molecule has 1 aromatic carbocycles. The molecule has 126 valence electrons. The van der Waals surface area contributed by atoms with Crippen LogP contribution in [0.25, 0.3) is 0 Å². The Morgan fingerprint density at radius 1 is 1.27 bits per heavy atom. The van der Waals surface area contributed by atoms with Crippen molar-refractivity contribution in [3.05, 3.63) is 34.1 Å². The van der Waals surface area contributed by atoms with Crippen molar-refractivity contribution in [2.24, 2.45) is 5.73 Å². The van der Waals surface area contributed by atoms with Crippen LogP contribution in [-0.4, -0.2) is 13.2 Å². The van der Waals surface area contributed by atoms with Crippen molar-refractivity contribution >= 4 is 19.2 Å². The highest BCUT2D eigenvalue weighted by Crippen LogP contribution is 2.60.